The molecule has 28 heavy (non-hydrogen) atoms. The van der Waals surface area contributed by atoms with E-state index in [-0.39, 0.29) is 5.69 Å². The van der Waals surface area contributed by atoms with Gasteiger partial charge >= 0.3 is 18.5 Å². The van der Waals surface area contributed by atoms with Crippen molar-refractivity contribution >= 4 is 17.2 Å². The maximum Gasteiger partial charge on any atom is 0.416 e. The van der Waals surface area contributed by atoms with E-state index in [4.69, 9.17) is 0 Å². The highest BCUT2D eigenvalue weighted by Crippen LogP contribution is 2.40. The van der Waals surface area contributed by atoms with Crippen LogP contribution in [0.15, 0.2) is 35.5 Å². The minimum Gasteiger partial charge on any atom is -0.292 e. The first kappa shape index (κ1) is 22.0. The van der Waals surface area contributed by atoms with Gasteiger partial charge < -0.3 is 0 Å². The summed E-state index contributed by atoms with van der Waals surface area (Å²) in [6, 6.07) is 3.49. The summed E-state index contributed by atoms with van der Waals surface area (Å²) in [5.74, 6) is -6.85. The third-order valence-corrected chi connectivity index (χ3v) is 4.23. The molecule has 0 radical (unpaired) electrons. The van der Waals surface area contributed by atoms with E-state index in [2.05, 4.69) is 4.99 Å². The van der Waals surface area contributed by atoms with Gasteiger partial charge in [0.2, 0.25) is 5.92 Å². The minimum absolute atomic E-state index is 0.235. The zero-order valence-electron chi connectivity index (χ0n) is 13.6. The van der Waals surface area contributed by atoms with E-state index in [1.165, 1.54) is 6.92 Å². The molecule has 0 saturated heterocycles. The van der Waals surface area contributed by atoms with Crippen molar-refractivity contribution in [1.82, 2.24) is 4.57 Å². The van der Waals surface area contributed by atoms with Crippen molar-refractivity contribution in [2.45, 2.75) is 25.5 Å². The Bertz CT molecular complexity index is 920. The van der Waals surface area contributed by atoms with Crippen molar-refractivity contribution in [3.05, 3.63) is 45.7 Å². The maximum absolute atomic E-state index is 12.8. The van der Waals surface area contributed by atoms with Gasteiger partial charge in [-0.1, -0.05) is 6.07 Å². The summed E-state index contributed by atoms with van der Waals surface area (Å²) in [6.45, 7) is 1.39. The SMILES string of the molecule is Cc1cn(-c2cccc(C(F)(F)F)c2)c(=NC(=O)C(C(F)(F)F)C(F)(F)F)s1. The van der Waals surface area contributed by atoms with Gasteiger partial charge in [-0.15, -0.1) is 11.3 Å². The standard InChI is InChI=1S/C15H9F9N2OS/c1-7-6-26(9-4-2-3-8(5-9)13(16,17)18)12(28-7)25-11(27)10(14(19,20)21)15(22,23)24/h2-6,10H,1H3. The molecule has 0 fully saturated rings. The van der Waals surface area contributed by atoms with Crippen LogP contribution in [0, 0.1) is 12.8 Å². The van der Waals surface area contributed by atoms with Crippen molar-refractivity contribution < 1.29 is 44.3 Å². The summed E-state index contributed by atoms with van der Waals surface area (Å²) in [5.41, 5.74) is -1.33. The Labute approximate surface area is 154 Å². The zero-order valence-corrected chi connectivity index (χ0v) is 14.4. The molecular weight excluding hydrogens is 427 g/mol. The lowest BCUT2D eigenvalue weighted by molar-refractivity contribution is -0.273. The average molecular weight is 436 g/mol. The van der Waals surface area contributed by atoms with Crippen LogP contribution in [-0.2, 0) is 11.0 Å². The highest BCUT2D eigenvalue weighted by molar-refractivity contribution is 7.09. The molecule has 0 N–H and O–H groups in total. The summed E-state index contributed by atoms with van der Waals surface area (Å²) >= 11 is 0.549. The summed E-state index contributed by atoms with van der Waals surface area (Å²) in [7, 11) is 0. The van der Waals surface area contributed by atoms with Crippen LogP contribution in [0.3, 0.4) is 0 Å². The van der Waals surface area contributed by atoms with Crippen LogP contribution >= 0.6 is 11.3 Å². The van der Waals surface area contributed by atoms with Gasteiger partial charge in [0.05, 0.1) is 5.56 Å². The molecule has 2 rings (SSSR count). The number of halogens is 9. The molecule has 0 saturated carbocycles. The van der Waals surface area contributed by atoms with E-state index >= 15 is 0 Å². The Morgan fingerprint density at radius 1 is 1.04 bits per heavy atom. The topological polar surface area (TPSA) is 34.4 Å². The smallest absolute Gasteiger partial charge is 0.292 e. The molecule has 0 atom stereocenters. The van der Waals surface area contributed by atoms with Gasteiger partial charge in [-0.25, -0.2) is 0 Å². The Hall–Kier alpha value is -2.31. The van der Waals surface area contributed by atoms with E-state index in [0.29, 0.717) is 22.3 Å². The summed E-state index contributed by atoms with van der Waals surface area (Å²) in [4.78, 5) is 14.2. The number of rotatable bonds is 2. The van der Waals surface area contributed by atoms with Crippen LogP contribution in [0.4, 0.5) is 39.5 Å². The number of amides is 1. The second kappa shape index (κ2) is 7.26. The molecule has 13 heteroatoms. The minimum atomic E-state index is -5.92. The first-order chi connectivity index (χ1) is 12.6. The normalized spacial score (nSPS) is 14.0. The van der Waals surface area contributed by atoms with Crippen LogP contribution in [0.1, 0.15) is 10.4 Å². The quantitative estimate of drug-likeness (QED) is 0.608. The van der Waals surface area contributed by atoms with Gasteiger partial charge in [0.1, 0.15) is 0 Å². The Morgan fingerprint density at radius 3 is 2.11 bits per heavy atom. The first-order valence-corrected chi connectivity index (χ1v) is 8.01. The highest BCUT2D eigenvalue weighted by atomic mass is 32.1. The van der Waals surface area contributed by atoms with Crippen LogP contribution in [0.5, 0.6) is 0 Å². The summed E-state index contributed by atoms with van der Waals surface area (Å²) in [5, 5.41) is 0. The van der Waals surface area contributed by atoms with Gasteiger partial charge in [-0.3, -0.25) is 9.36 Å². The molecule has 0 spiro atoms. The number of benzene rings is 1. The van der Waals surface area contributed by atoms with E-state index in [9.17, 15) is 44.3 Å². The predicted octanol–water partition coefficient (Wildman–Crippen LogP) is 5.03. The van der Waals surface area contributed by atoms with Crippen molar-refractivity contribution in [3.63, 3.8) is 0 Å². The van der Waals surface area contributed by atoms with E-state index < -0.39 is 40.7 Å². The number of alkyl halides is 9. The number of thiazole rings is 1. The van der Waals surface area contributed by atoms with Gasteiger partial charge in [0.15, 0.2) is 4.80 Å². The fraction of sp³-hybridized carbons (Fsp3) is 0.333. The third kappa shape index (κ3) is 4.94. The van der Waals surface area contributed by atoms with Crippen molar-refractivity contribution in [2.24, 2.45) is 10.9 Å². The van der Waals surface area contributed by atoms with Crippen LogP contribution in [0.2, 0.25) is 0 Å². The summed E-state index contributed by atoms with van der Waals surface area (Å²) < 4.78 is 115. The van der Waals surface area contributed by atoms with Gasteiger partial charge in [-0.2, -0.15) is 44.5 Å². The molecule has 1 amide bonds. The molecule has 0 aliphatic heterocycles. The fourth-order valence-electron chi connectivity index (χ4n) is 2.17. The van der Waals surface area contributed by atoms with Crippen LogP contribution < -0.4 is 4.80 Å². The monoisotopic (exact) mass is 436 g/mol. The Morgan fingerprint density at radius 2 is 1.61 bits per heavy atom. The number of aryl methyl sites for hydroxylation is 1. The van der Waals surface area contributed by atoms with Crippen LogP contribution in [0.25, 0.3) is 5.69 Å². The molecule has 0 aliphatic rings. The predicted molar refractivity (Wildman–Crippen MR) is 79.6 cm³/mol. The Balaban J connectivity index is 2.60. The number of nitrogens with zero attached hydrogens (tertiary/aromatic N) is 2. The van der Waals surface area contributed by atoms with Gasteiger partial charge in [0.25, 0.3) is 5.91 Å². The second-order valence-corrected chi connectivity index (χ2v) is 6.72. The number of carbonyl (C=O) groups excluding carboxylic acids is 1. The molecular formula is C15H9F9N2OS. The van der Waals surface area contributed by atoms with Crippen molar-refractivity contribution in [1.29, 1.82) is 0 Å². The molecule has 0 bridgehead atoms. The Kier molecular flexibility index (Phi) is 5.70. The molecule has 3 nitrogen and oxygen atoms in total. The molecule has 1 heterocycles. The number of carbonyl (C=O) groups is 1. The molecule has 154 valence electrons. The summed E-state index contributed by atoms with van der Waals surface area (Å²) in [6.07, 6.45) is -15.4. The lowest BCUT2D eigenvalue weighted by Gasteiger charge is -2.19. The number of hydrogen-bond acceptors (Lipinski definition) is 2. The lowest BCUT2D eigenvalue weighted by Crippen LogP contribution is -2.42. The number of aromatic nitrogens is 1. The molecule has 1 aromatic heterocycles. The zero-order chi connectivity index (χ0) is 21.5. The highest BCUT2D eigenvalue weighted by Gasteiger charge is 2.61. The van der Waals surface area contributed by atoms with Gasteiger partial charge in [0, 0.05) is 16.8 Å². The number of hydrogen-bond donors (Lipinski definition) is 0. The van der Waals surface area contributed by atoms with Crippen molar-refractivity contribution in [3.8, 4) is 5.69 Å². The van der Waals surface area contributed by atoms with E-state index in [1.807, 2.05) is 0 Å². The van der Waals surface area contributed by atoms with Crippen LogP contribution in [-0.4, -0.2) is 22.8 Å². The van der Waals surface area contributed by atoms with Crippen molar-refractivity contribution in [2.75, 3.05) is 0 Å². The first-order valence-electron chi connectivity index (χ1n) is 7.19. The average Bonchev–Trinajstić information content (AvgIpc) is 2.83. The second-order valence-electron chi connectivity index (χ2n) is 5.51. The molecule has 0 unspecified atom stereocenters. The largest absolute Gasteiger partial charge is 0.416 e. The van der Waals surface area contributed by atoms with E-state index in [0.717, 1.165) is 29.0 Å². The van der Waals surface area contributed by atoms with E-state index in [1.54, 1.807) is 0 Å². The lowest BCUT2D eigenvalue weighted by atomic mass is 10.1. The molecule has 0 aliphatic carbocycles. The molecule has 1 aromatic carbocycles. The molecule has 2 aromatic rings. The van der Waals surface area contributed by atoms with Gasteiger partial charge in [-0.05, 0) is 25.1 Å². The fourth-order valence-corrected chi connectivity index (χ4v) is 3.01. The maximum atomic E-state index is 12.8. The third-order valence-electron chi connectivity index (χ3n) is 3.33.